The smallest absolute Gasteiger partial charge is 0.344 e. The highest BCUT2D eigenvalue weighted by molar-refractivity contribution is 6.14. The molecule has 51 heavy (non-hydrogen) atoms. The van der Waals surface area contributed by atoms with Crippen LogP contribution < -0.4 is 24.6 Å². The fraction of sp³-hybridized carbons (Fsp3) is 0.133. The summed E-state index contributed by atoms with van der Waals surface area (Å²) in [4.78, 5) is 14.4. The molecule has 1 aliphatic heterocycles. The maximum absolute atomic E-state index is 14.4. The van der Waals surface area contributed by atoms with E-state index in [1.165, 1.54) is 0 Å². The molecule has 0 saturated heterocycles. The van der Waals surface area contributed by atoms with Crippen LogP contribution in [0.5, 0.6) is 23.0 Å². The second-order valence-corrected chi connectivity index (χ2v) is 12.7. The molecule has 252 valence electrons. The summed E-state index contributed by atoms with van der Waals surface area (Å²) in [7, 11) is 4.90. The molecule has 6 aromatic carbocycles. The molecule has 0 aliphatic carbocycles. The van der Waals surface area contributed by atoms with Gasteiger partial charge in [-0.05, 0) is 65.9 Å². The van der Waals surface area contributed by atoms with Crippen molar-refractivity contribution in [2.45, 2.75) is 18.4 Å². The highest BCUT2D eigenvalue weighted by Crippen LogP contribution is 2.50. The Morgan fingerprint density at radius 3 is 1.96 bits per heavy atom. The summed E-state index contributed by atoms with van der Waals surface area (Å²) in [5, 5.41) is 3.06. The molecular weight excluding hydrogens is 636 g/mol. The monoisotopic (exact) mass is 672 g/mol. The summed E-state index contributed by atoms with van der Waals surface area (Å²) in [5.74, 6) is 2.85. The number of benzene rings is 6. The number of methoxy groups -OCH3 is 3. The summed E-state index contributed by atoms with van der Waals surface area (Å²) in [5.41, 5.74) is 3.86. The van der Waals surface area contributed by atoms with Gasteiger partial charge in [0.05, 0.1) is 32.6 Å². The number of ether oxygens (including phenoxy) is 4. The van der Waals surface area contributed by atoms with Crippen LogP contribution in [0.25, 0.3) is 27.6 Å². The predicted molar refractivity (Wildman–Crippen MR) is 202 cm³/mol. The van der Waals surface area contributed by atoms with Crippen molar-refractivity contribution in [3.8, 4) is 23.0 Å². The van der Waals surface area contributed by atoms with Gasteiger partial charge in [0.15, 0.2) is 5.60 Å². The average Bonchev–Trinajstić information content (AvgIpc) is 3.18. The molecule has 0 spiro atoms. The van der Waals surface area contributed by atoms with Crippen LogP contribution in [0.3, 0.4) is 0 Å². The molecule has 7 aromatic rings. The average molecular weight is 673 g/mol. The Balaban J connectivity index is 1.41. The number of aryl methyl sites for hydroxylation is 1. The maximum Gasteiger partial charge on any atom is 0.344 e. The van der Waals surface area contributed by atoms with Crippen LogP contribution in [-0.4, -0.2) is 21.3 Å². The third-order valence-corrected chi connectivity index (χ3v) is 9.82. The van der Waals surface area contributed by atoms with E-state index in [-0.39, 0.29) is 5.92 Å². The molecule has 2 heterocycles. The Labute approximate surface area is 296 Å². The van der Waals surface area contributed by atoms with Crippen LogP contribution in [-0.2, 0) is 5.60 Å². The van der Waals surface area contributed by atoms with Crippen LogP contribution in [0.4, 0.5) is 0 Å². The van der Waals surface area contributed by atoms with E-state index in [9.17, 15) is 4.79 Å². The molecule has 6 nitrogen and oxygen atoms in total. The zero-order valence-corrected chi connectivity index (χ0v) is 28.8. The molecule has 0 radical (unpaired) electrons. The molecule has 1 unspecified atom stereocenters. The zero-order chi connectivity index (χ0) is 35.1. The third-order valence-electron chi connectivity index (χ3n) is 9.82. The second-order valence-electron chi connectivity index (χ2n) is 12.7. The first-order valence-electron chi connectivity index (χ1n) is 16.8. The molecule has 6 heteroatoms. The van der Waals surface area contributed by atoms with Gasteiger partial charge in [0.1, 0.15) is 28.8 Å². The lowest BCUT2D eigenvalue weighted by Crippen LogP contribution is -2.35. The molecule has 1 aliphatic rings. The lowest BCUT2D eigenvalue weighted by atomic mass is 9.81. The minimum Gasteiger partial charge on any atom is -0.497 e. The van der Waals surface area contributed by atoms with E-state index in [1.54, 1.807) is 21.3 Å². The first-order chi connectivity index (χ1) is 24.9. The number of hydrogen-bond acceptors (Lipinski definition) is 6. The van der Waals surface area contributed by atoms with Gasteiger partial charge < -0.3 is 23.4 Å². The number of fused-ring (bicyclic) bond motifs is 6. The van der Waals surface area contributed by atoms with Gasteiger partial charge in [-0.15, -0.1) is 0 Å². The van der Waals surface area contributed by atoms with Crippen molar-refractivity contribution < 1.29 is 23.4 Å². The molecule has 0 saturated carbocycles. The second kappa shape index (κ2) is 12.9. The molecule has 0 N–H and O–H groups in total. The zero-order valence-electron chi connectivity index (χ0n) is 28.8. The number of rotatable bonds is 8. The van der Waals surface area contributed by atoms with Crippen LogP contribution in [0, 0.1) is 6.92 Å². The first-order valence-corrected chi connectivity index (χ1v) is 16.8. The molecular formula is C45H36O6. The van der Waals surface area contributed by atoms with E-state index in [0.717, 1.165) is 49.7 Å². The molecule has 8 rings (SSSR count). The van der Waals surface area contributed by atoms with Gasteiger partial charge >= 0.3 is 5.63 Å². The summed E-state index contributed by atoms with van der Waals surface area (Å²) in [6.07, 6.45) is 3.97. The Morgan fingerprint density at radius 1 is 0.647 bits per heavy atom. The van der Waals surface area contributed by atoms with Gasteiger partial charge in [-0.25, -0.2) is 4.79 Å². The summed E-state index contributed by atoms with van der Waals surface area (Å²) >= 11 is 0. The maximum atomic E-state index is 14.4. The van der Waals surface area contributed by atoms with E-state index in [1.807, 2.05) is 97.1 Å². The van der Waals surface area contributed by atoms with E-state index < -0.39 is 11.2 Å². The molecule has 1 aromatic heterocycles. The molecule has 0 bridgehead atoms. The van der Waals surface area contributed by atoms with Gasteiger partial charge in [0.25, 0.3) is 0 Å². The van der Waals surface area contributed by atoms with Crippen molar-refractivity contribution in [2.75, 3.05) is 21.3 Å². The van der Waals surface area contributed by atoms with E-state index >= 15 is 0 Å². The summed E-state index contributed by atoms with van der Waals surface area (Å²) in [6.45, 7) is 2.05. The van der Waals surface area contributed by atoms with Gasteiger partial charge in [-0.2, -0.15) is 0 Å². The Morgan fingerprint density at radius 2 is 1.31 bits per heavy atom. The Bertz CT molecular complexity index is 2440. The van der Waals surface area contributed by atoms with Gasteiger partial charge in [-0.3, -0.25) is 0 Å². The van der Waals surface area contributed by atoms with Crippen molar-refractivity contribution >= 4 is 27.6 Å². The van der Waals surface area contributed by atoms with Gasteiger partial charge in [0, 0.05) is 33.5 Å². The van der Waals surface area contributed by atoms with Gasteiger partial charge in [-0.1, -0.05) is 96.6 Å². The fourth-order valence-corrected chi connectivity index (χ4v) is 7.34. The normalized spacial score (nSPS) is 15.1. The molecule has 0 amide bonds. The van der Waals surface area contributed by atoms with Crippen LogP contribution in [0.2, 0.25) is 0 Å². The van der Waals surface area contributed by atoms with E-state index in [2.05, 4.69) is 49.4 Å². The predicted octanol–water partition coefficient (Wildman–Crippen LogP) is 9.81. The fourth-order valence-electron chi connectivity index (χ4n) is 7.34. The molecule has 1 atom stereocenters. The van der Waals surface area contributed by atoms with E-state index in [4.69, 9.17) is 23.4 Å². The quantitative estimate of drug-likeness (QED) is 0.150. The summed E-state index contributed by atoms with van der Waals surface area (Å²) in [6, 6.07) is 42.1. The lowest BCUT2D eigenvalue weighted by Gasteiger charge is -2.37. The van der Waals surface area contributed by atoms with Crippen LogP contribution >= 0.6 is 0 Å². The number of hydrogen-bond donors (Lipinski definition) is 0. The first kappa shape index (κ1) is 32.0. The largest absolute Gasteiger partial charge is 0.497 e. The van der Waals surface area contributed by atoms with Crippen molar-refractivity contribution in [3.63, 3.8) is 0 Å². The minimum atomic E-state index is -1.13. The SMILES string of the molecule is COc1ccc(C2(c3ccc(OC)cc3OC)C=Cc3c(c4ccc(C)cc4c4cc(C(c5ccccc5)c5ccccc5)oc(=O)c34)O2)cc1. The summed E-state index contributed by atoms with van der Waals surface area (Å²) < 4.78 is 30.6. The Hall–Kier alpha value is -6.27. The van der Waals surface area contributed by atoms with Crippen molar-refractivity contribution in [2.24, 2.45) is 0 Å². The van der Waals surface area contributed by atoms with Crippen molar-refractivity contribution in [3.05, 3.63) is 183 Å². The third kappa shape index (κ3) is 5.40. The topological polar surface area (TPSA) is 67.1 Å². The van der Waals surface area contributed by atoms with Crippen LogP contribution in [0.15, 0.2) is 143 Å². The van der Waals surface area contributed by atoms with Crippen LogP contribution in [0.1, 0.15) is 45.1 Å². The van der Waals surface area contributed by atoms with Crippen molar-refractivity contribution in [1.29, 1.82) is 0 Å². The minimum absolute atomic E-state index is 0.280. The van der Waals surface area contributed by atoms with Crippen molar-refractivity contribution in [1.82, 2.24) is 0 Å². The standard InChI is InChI=1S/C45H36O6/c1-28-15-21-34-36(25-28)37-27-40(41(29-11-7-5-8-12-29)30-13-9-6-10-14-30)50-44(46)42(37)35-23-24-45(51-43(34)35,31-16-18-32(47-2)19-17-31)38-22-20-33(48-3)26-39(38)49-4/h5-27,41H,1-4H3. The molecule has 0 fully saturated rings. The highest BCUT2D eigenvalue weighted by atomic mass is 16.5. The van der Waals surface area contributed by atoms with Gasteiger partial charge in [0.2, 0.25) is 0 Å². The van der Waals surface area contributed by atoms with E-state index in [0.29, 0.717) is 34.0 Å². The lowest BCUT2D eigenvalue weighted by molar-refractivity contribution is 0.159. The highest BCUT2D eigenvalue weighted by Gasteiger charge is 2.41. The Kier molecular flexibility index (Phi) is 8.07.